The summed E-state index contributed by atoms with van der Waals surface area (Å²) in [5.41, 5.74) is -2.18. The number of carbonyl (C=O) groups is 2. The maximum Gasteiger partial charge on any atom is 0.329 e. The quantitative estimate of drug-likeness (QED) is 0.635. The van der Waals surface area contributed by atoms with Crippen LogP contribution >= 0.6 is 23.2 Å². The number of hydrogen-bond acceptors (Lipinski definition) is 4. The van der Waals surface area contributed by atoms with Gasteiger partial charge < -0.3 is 10.4 Å². The second-order valence-electron chi connectivity index (χ2n) is 4.49. The molecule has 21 heavy (non-hydrogen) atoms. The number of hydrogen-bond donors (Lipinski definition) is 2. The predicted octanol–water partition coefficient (Wildman–Crippen LogP) is 2.88. The number of non-ortho nitro benzene ring substituents is 1. The molecule has 0 bridgehead atoms. The number of amides is 1. The molecule has 0 aromatic heterocycles. The average molecular weight is 335 g/mol. The van der Waals surface area contributed by atoms with Crippen molar-refractivity contribution >= 4 is 40.8 Å². The highest BCUT2D eigenvalue weighted by molar-refractivity contribution is 6.44. The van der Waals surface area contributed by atoms with Gasteiger partial charge >= 0.3 is 5.97 Å². The molecule has 0 saturated heterocycles. The van der Waals surface area contributed by atoms with E-state index in [1.54, 1.807) is 6.92 Å². The minimum Gasteiger partial charge on any atom is -0.480 e. The molecule has 1 aromatic rings. The molecular weight excluding hydrogens is 323 g/mol. The van der Waals surface area contributed by atoms with Crippen molar-refractivity contribution in [1.82, 2.24) is 5.32 Å². The van der Waals surface area contributed by atoms with Crippen LogP contribution < -0.4 is 5.32 Å². The summed E-state index contributed by atoms with van der Waals surface area (Å²) in [7, 11) is 0. The van der Waals surface area contributed by atoms with Gasteiger partial charge in [0, 0.05) is 12.1 Å². The van der Waals surface area contributed by atoms with Crippen molar-refractivity contribution in [3.05, 3.63) is 37.9 Å². The van der Waals surface area contributed by atoms with E-state index in [1.807, 2.05) is 0 Å². The SMILES string of the molecule is CCC(C)(NC(=O)c1cc([N+](=O)[O-])cc(Cl)c1Cl)C(=O)O. The van der Waals surface area contributed by atoms with Gasteiger partial charge in [-0.2, -0.15) is 0 Å². The van der Waals surface area contributed by atoms with E-state index in [0.29, 0.717) is 0 Å². The maximum absolute atomic E-state index is 12.1. The third kappa shape index (κ3) is 3.62. The number of nitrogens with one attached hydrogen (secondary N) is 1. The lowest BCUT2D eigenvalue weighted by Crippen LogP contribution is -2.51. The second-order valence-corrected chi connectivity index (χ2v) is 5.28. The van der Waals surface area contributed by atoms with Gasteiger partial charge in [-0.3, -0.25) is 14.9 Å². The van der Waals surface area contributed by atoms with Crippen molar-refractivity contribution in [2.45, 2.75) is 25.8 Å². The lowest BCUT2D eigenvalue weighted by Gasteiger charge is -2.24. The fourth-order valence-electron chi connectivity index (χ4n) is 1.46. The molecule has 114 valence electrons. The zero-order valence-corrected chi connectivity index (χ0v) is 12.7. The molecule has 1 amide bonds. The number of carboxylic acid groups (broad SMARTS) is 1. The second kappa shape index (κ2) is 6.28. The molecule has 0 radical (unpaired) electrons. The molecule has 2 N–H and O–H groups in total. The number of nitrogens with zero attached hydrogens (tertiary/aromatic N) is 1. The molecule has 0 saturated carbocycles. The number of carbonyl (C=O) groups excluding carboxylic acids is 1. The molecule has 1 unspecified atom stereocenters. The van der Waals surface area contributed by atoms with Gasteiger partial charge in [-0.1, -0.05) is 30.1 Å². The largest absolute Gasteiger partial charge is 0.480 e. The minimum absolute atomic E-state index is 0.119. The van der Waals surface area contributed by atoms with Gasteiger partial charge in [0.1, 0.15) is 5.54 Å². The standard InChI is InChI=1S/C12H12Cl2N2O5/c1-3-12(2,11(18)19)15-10(17)7-4-6(16(20)21)5-8(13)9(7)14/h4-5H,3H2,1-2H3,(H,15,17)(H,18,19). The van der Waals surface area contributed by atoms with Crippen molar-refractivity contribution < 1.29 is 19.6 Å². The predicted molar refractivity (Wildman–Crippen MR) is 76.9 cm³/mol. The van der Waals surface area contributed by atoms with Crippen LogP contribution in [0.3, 0.4) is 0 Å². The van der Waals surface area contributed by atoms with Crippen LogP contribution in [0.25, 0.3) is 0 Å². The van der Waals surface area contributed by atoms with E-state index >= 15 is 0 Å². The molecule has 7 nitrogen and oxygen atoms in total. The third-order valence-electron chi connectivity index (χ3n) is 3.04. The first-order valence-corrected chi connectivity index (χ1v) is 6.57. The van der Waals surface area contributed by atoms with E-state index in [1.165, 1.54) is 6.92 Å². The normalized spacial score (nSPS) is 13.3. The van der Waals surface area contributed by atoms with Gasteiger partial charge in [-0.25, -0.2) is 4.79 Å². The number of nitro benzene ring substituents is 1. The monoisotopic (exact) mass is 334 g/mol. The van der Waals surface area contributed by atoms with E-state index < -0.39 is 28.0 Å². The number of rotatable bonds is 5. The Morgan fingerprint density at radius 3 is 2.43 bits per heavy atom. The summed E-state index contributed by atoms with van der Waals surface area (Å²) in [6.45, 7) is 2.90. The average Bonchev–Trinajstić information content (AvgIpc) is 2.40. The number of aliphatic carboxylic acids is 1. The summed E-state index contributed by atoms with van der Waals surface area (Å²) in [6, 6.07) is 1.96. The van der Waals surface area contributed by atoms with Crippen molar-refractivity contribution in [2.24, 2.45) is 0 Å². The molecule has 0 aliphatic rings. The lowest BCUT2D eigenvalue weighted by atomic mass is 9.98. The highest BCUT2D eigenvalue weighted by Gasteiger charge is 2.34. The van der Waals surface area contributed by atoms with E-state index in [2.05, 4.69) is 5.32 Å². The van der Waals surface area contributed by atoms with E-state index in [0.717, 1.165) is 12.1 Å². The van der Waals surface area contributed by atoms with Crippen LogP contribution in [0.5, 0.6) is 0 Å². The Morgan fingerprint density at radius 1 is 1.43 bits per heavy atom. The molecule has 0 fully saturated rings. The van der Waals surface area contributed by atoms with Crippen molar-refractivity contribution in [1.29, 1.82) is 0 Å². The topological polar surface area (TPSA) is 110 Å². The van der Waals surface area contributed by atoms with Crippen molar-refractivity contribution in [3.8, 4) is 0 Å². The fraction of sp³-hybridized carbons (Fsp3) is 0.333. The van der Waals surface area contributed by atoms with E-state index in [4.69, 9.17) is 28.3 Å². The Kier molecular flexibility index (Phi) is 5.14. The van der Waals surface area contributed by atoms with E-state index in [-0.39, 0.29) is 22.0 Å². The molecule has 0 spiro atoms. The summed E-state index contributed by atoms with van der Waals surface area (Å²) in [5.74, 6) is -2.08. The Balaban J connectivity index is 3.24. The Labute approximate surface area is 130 Å². The lowest BCUT2D eigenvalue weighted by molar-refractivity contribution is -0.384. The maximum atomic E-state index is 12.1. The first kappa shape index (κ1) is 17.2. The summed E-state index contributed by atoms with van der Waals surface area (Å²) in [5, 5.41) is 21.8. The van der Waals surface area contributed by atoms with Crippen LogP contribution in [0.1, 0.15) is 30.6 Å². The van der Waals surface area contributed by atoms with Gasteiger partial charge in [-0.05, 0) is 13.3 Å². The van der Waals surface area contributed by atoms with Crippen LogP contribution in [-0.2, 0) is 4.79 Å². The first-order chi connectivity index (χ1) is 9.62. The Hall–Kier alpha value is -1.86. The molecule has 1 atom stereocenters. The third-order valence-corrected chi connectivity index (χ3v) is 3.84. The molecule has 9 heteroatoms. The van der Waals surface area contributed by atoms with Gasteiger partial charge in [0.05, 0.1) is 20.5 Å². The summed E-state index contributed by atoms with van der Waals surface area (Å²) in [6.07, 6.45) is 0.119. The highest BCUT2D eigenvalue weighted by Crippen LogP contribution is 2.31. The zero-order valence-electron chi connectivity index (χ0n) is 11.1. The number of benzene rings is 1. The first-order valence-electron chi connectivity index (χ1n) is 5.81. The molecule has 1 rings (SSSR count). The van der Waals surface area contributed by atoms with Crippen molar-refractivity contribution in [2.75, 3.05) is 0 Å². The number of halogens is 2. The van der Waals surface area contributed by atoms with Crippen LogP contribution in [-0.4, -0.2) is 27.4 Å². The fourth-order valence-corrected chi connectivity index (χ4v) is 1.86. The van der Waals surface area contributed by atoms with Crippen LogP contribution in [0.15, 0.2) is 12.1 Å². The Bertz CT molecular complexity index is 620. The number of carboxylic acids is 1. The van der Waals surface area contributed by atoms with Gasteiger partial charge in [-0.15, -0.1) is 0 Å². The van der Waals surface area contributed by atoms with Crippen LogP contribution in [0, 0.1) is 10.1 Å². The molecule has 1 aromatic carbocycles. The molecule has 0 heterocycles. The van der Waals surface area contributed by atoms with Gasteiger partial charge in [0.25, 0.3) is 11.6 Å². The Morgan fingerprint density at radius 2 is 2.00 bits per heavy atom. The summed E-state index contributed by atoms with van der Waals surface area (Å²) in [4.78, 5) is 33.3. The molecular formula is C12H12Cl2N2O5. The van der Waals surface area contributed by atoms with Crippen molar-refractivity contribution in [3.63, 3.8) is 0 Å². The highest BCUT2D eigenvalue weighted by atomic mass is 35.5. The summed E-state index contributed by atoms with van der Waals surface area (Å²) < 4.78 is 0. The number of nitro groups is 1. The summed E-state index contributed by atoms with van der Waals surface area (Å²) >= 11 is 11.6. The zero-order chi connectivity index (χ0) is 16.4. The molecule has 0 aliphatic carbocycles. The van der Waals surface area contributed by atoms with Crippen LogP contribution in [0.2, 0.25) is 10.0 Å². The smallest absolute Gasteiger partial charge is 0.329 e. The van der Waals surface area contributed by atoms with Gasteiger partial charge in [0.2, 0.25) is 0 Å². The van der Waals surface area contributed by atoms with Crippen LogP contribution in [0.4, 0.5) is 5.69 Å². The van der Waals surface area contributed by atoms with Gasteiger partial charge in [0.15, 0.2) is 0 Å². The van der Waals surface area contributed by atoms with E-state index in [9.17, 15) is 19.7 Å². The minimum atomic E-state index is -1.52. The molecule has 0 aliphatic heterocycles.